The van der Waals surface area contributed by atoms with Crippen molar-refractivity contribution >= 4 is 11.7 Å². The number of benzene rings is 3. The molecule has 3 aromatic carbocycles. The van der Waals surface area contributed by atoms with E-state index in [0.29, 0.717) is 11.3 Å². The van der Waals surface area contributed by atoms with Gasteiger partial charge >= 0.3 is 5.97 Å². The van der Waals surface area contributed by atoms with E-state index in [2.05, 4.69) is 38.2 Å². The molecular formula is C36H22F5IrN3O2-4. The molecular weight excluding hydrogens is 794 g/mol. The molecule has 0 amide bonds. The van der Waals surface area contributed by atoms with Gasteiger partial charge in [0.15, 0.2) is 0 Å². The predicted octanol–water partition coefficient (Wildman–Crippen LogP) is 8.71. The largest absolute Gasteiger partial charge is 0.719 e. The van der Waals surface area contributed by atoms with Gasteiger partial charge in [0.05, 0.1) is 18.7 Å². The van der Waals surface area contributed by atoms with Crippen LogP contribution in [-0.4, -0.2) is 23.0 Å². The first kappa shape index (κ1) is 34.9. The molecule has 0 fully saturated rings. The number of hydrogen-bond donors (Lipinski definition) is 0. The molecule has 5 aromatic rings. The van der Waals surface area contributed by atoms with Crippen LogP contribution in [0.15, 0.2) is 91.3 Å². The Morgan fingerprint density at radius 1 is 0.851 bits per heavy atom. The summed E-state index contributed by atoms with van der Waals surface area (Å²) in [5, 5.41) is 4.40. The summed E-state index contributed by atoms with van der Waals surface area (Å²) in [5.74, 6) is -5.28. The Labute approximate surface area is 281 Å². The van der Waals surface area contributed by atoms with E-state index < -0.39 is 46.7 Å². The van der Waals surface area contributed by atoms with Gasteiger partial charge in [-0.2, -0.15) is 0 Å². The van der Waals surface area contributed by atoms with Crippen LogP contribution in [0.1, 0.15) is 33.1 Å². The molecule has 0 saturated carbocycles. The summed E-state index contributed by atoms with van der Waals surface area (Å²) in [6.07, 6.45) is 7.65. The van der Waals surface area contributed by atoms with Crippen molar-refractivity contribution in [3.05, 3.63) is 166 Å². The SMILES string of the molecule is COC(=O)c1c(F)c(-c2ccccn2)[c-]c(C2C=CC=C(c3[c-]cc(C)cc3F)[N-]2)c1F.Fc1c[c-]c(-c2ccccn2)c(F)c1.[Ir]. The Balaban J connectivity index is 0.000000279. The summed E-state index contributed by atoms with van der Waals surface area (Å²) in [5.41, 5.74) is 0.570. The fourth-order valence-corrected chi connectivity index (χ4v) is 4.49. The fraction of sp³-hybridized carbons (Fsp3) is 0.0833. The summed E-state index contributed by atoms with van der Waals surface area (Å²) >= 11 is 0. The number of hydrogen-bond acceptors (Lipinski definition) is 4. The predicted molar refractivity (Wildman–Crippen MR) is 161 cm³/mol. The van der Waals surface area contributed by atoms with E-state index in [9.17, 15) is 18.0 Å². The third-order valence-corrected chi connectivity index (χ3v) is 6.66. The van der Waals surface area contributed by atoms with Gasteiger partial charge in [-0.1, -0.05) is 66.6 Å². The van der Waals surface area contributed by atoms with Crippen LogP contribution in [0.25, 0.3) is 33.5 Å². The molecule has 0 aliphatic carbocycles. The number of carbonyl (C=O) groups excluding carboxylic acids is 1. The van der Waals surface area contributed by atoms with E-state index in [1.807, 2.05) is 0 Å². The van der Waals surface area contributed by atoms with Gasteiger partial charge in [-0.25, -0.2) is 10.5 Å². The number of esters is 1. The first-order valence-corrected chi connectivity index (χ1v) is 13.7. The molecule has 1 radical (unpaired) electrons. The minimum absolute atomic E-state index is 0. The molecule has 6 rings (SSSR count). The van der Waals surface area contributed by atoms with E-state index in [4.69, 9.17) is 0 Å². The molecule has 241 valence electrons. The minimum Gasteiger partial charge on any atom is -0.719 e. The van der Waals surface area contributed by atoms with Crippen molar-refractivity contribution < 1.29 is 51.6 Å². The molecule has 1 aliphatic rings. The molecule has 2 aromatic heterocycles. The van der Waals surface area contributed by atoms with Crippen LogP contribution in [0.3, 0.4) is 0 Å². The first-order chi connectivity index (χ1) is 22.2. The van der Waals surface area contributed by atoms with Crippen molar-refractivity contribution in [3.8, 4) is 22.5 Å². The molecule has 1 aliphatic heterocycles. The van der Waals surface area contributed by atoms with Gasteiger partial charge in [-0.3, -0.25) is 22.0 Å². The van der Waals surface area contributed by atoms with Gasteiger partial charge in [-0.15, -0.1) is 59.2 Å². The minimum atomic E-state index is -1.18. The number of ether oxygens (including phenoxy) is 1. The quantitative estimate of drug-likeness (QED) is 0.101. The van der Waals surface area contributed by atoms with Crippen LogP contribution in [0.2, 0.25) is 0 Å². The maximum Gasteiger partial charge on any atom is 0.324 e. The topological polar surface area (TPSA) is 66.2 Å². The summed E-state index contributed by atoms with van der Waals surface area (Å²) in [4.78, 5) is 20.2. The number of halogens is 5. The zero-order chi connectivity index (χ0) is 32.8. The van der Waals surface area contributed by atoms with Crippen molar-refractivity contribution in [1.29, 1.82) is 0 Å². The average Bonchev–Trinajstić information content (AvgIpc) is 3.06. The van der Waals surface area contributed by atoms with Crippen LogP contribution in [0, 0.1) is 54.2 Å². The van der Waals surface area contributed by atoms with Gasteiger partial charge in [0.2, 0.25) is 0 Å². The van der Waals surface area contributed by atoms with E-state index in [0.717, 1.165) is 19.2 Å². The Morgan fingerprint density at radius 3 is 2.09 bits per heavy atom. The molecule has 0 spiro atoms. The zero-order valence-electron chi connectivity index (χ0n) is 24.6. The summed E-state index contributed by atoms with van der Waals surface area (Å²) in [6.45, 7) is 1.73. The average molecular weight is 816 g/mol. The van der Waals surface area contributed by atoms with Crippen molar-refractivity contribution in [2.24, 2.45) is 0 Å². The Bertz CT molecular complexity index is 1950. The zero-order valence-corrected chi connectivity index (χ0v) is 27.0. The second kappa shape index (κ2) is 15.5. The van der Waals surface area contributed by atoms with Crippen LogP contribution in [0.5, 0.6) is 0 Å². The van der Waals surface area contributed by atoms with Gasteiger partial charge in [0.25, 0.3) is 0 Å². The summed E-state index contributed by atoms with van der Waals surface area (Å²) in [6, 6.07) is 21.8. The third-order valence-electron chi connectivity index (χ3n) is 6.66. The standard InChI is InChI=1S/C25H16F3N2O2.C11H6F2N.Ir/c1-14-9-10-15(18(26)12-14)20-7-5-8-21(30-20)17-13-16(19-6-3-4-11-29-19)23(27)22(24(17)28)25(31)32-2;12-8-4-5-9(10(13)7-8)11-3-1-2-6-14-11;/h3-9,11-12,21H,1-2H3;1-4,6-7H;/q-3;-1;. The van der Waals surface area contributed by atoms with Gasteiger partial charge in [-0.05, 0) is 23.5 Å². The fourth-order valence-electron chi connectivity index (χ4n) is 4.49. The Hall–Kier alpha value is -4.99. The first-order valence-electron chi connectivity index (χ1n) is 13.7. The monoisotopic (exact) mass is 816 g/mol. The Kier molecular flexibility index (Phi) is 11.5. The normalized spacial score (nSPS) is 13.3. The van der Waals surface area contributed by atoms with Crippen LogP contribution < -0.4 is 0 Å². The molecule has 0 saturated heterocycles. The van der Waals surface area contributed by atoms with Crippen molar-refractivity contribution in [1.82, 2.24) is 9.97 Å². The second-order valence-corrected chi connectivity index (χ2v) is 9.79. The molecule has 0 N–H and O–H groups in total. The molecule has 5 nitrogen and oxygen atoms in total. The maximum atomic E-state index is 15.3. The number of aryl methyl sites for hydroxylation is 1. The van der Waals surface area contributed by atoms with E-state index in [-0.39, 0.29) is 53.8 Å². The summed E-state index contributed by atoms with van der Waals surface area (Å²) in [7, 11) is 1.03. The summed E-state index contributed by atoms with van der Waals surface area (Å²) < 4.78 is 75.3. The van der Waals surface area contributed by atoms with Crippen molar-refractivity contribution in [2.75, 3.05) is 7.11 Å². The number of allylic oxidation sites excluding steroid dienone is 2. The molecule has 3 heterocycles. The van der Waals surface area contributed by atoms with Gasteiger partial charge in [0, 0.05) is 55.5 Å². The van der Waals surface area contributed by atoms with Gasteiger partial charge < -0.3 is 20.0 Å². The van der Waals surface area contributed by atoms with E-state index in [1.54, 1.807) is 61.7 Å². The molecule has 0 bridgehead atoms. The smallest absolute Gasteiger partial charge is 0.324 e. The van der Waals surface area contributed by atoms with Crippen LogP contribution in [-0.2, 0) is 24.8 Å². The van der Waals surface area contributed by atoms with Crippen molar-refractivity contribution in [3.63, 3.8) is 0 Å². The van der Waals surface area contributed by atoms with Crippen LogP contribution in [0.4, 0.5) is 22.0 Å². The van der Waals surface area contributed by atoms with Crippen molar-refractivity contribution in [2.45, 2.75) is 13.0 Å². The van der Waals surface area contributed by atoms with Gasteiger partial charge in [0.1, 0.15) is 0 Å². The van der Waals surface area contributed by atoms with E-state index in [1.165, 1.54) is 24.4 Å². The molecule has 1 atom stereocenters. The van der Waals surface area contributed by atoms with Crippen LogP contribution >= 0.6 is 0 Å². The molecule has 47 heavy (non-hydrogen) atoms. The number of carbonyl (C=O) groups is 1. The number of aromatic nitrogens is 2. The molecule has 11 heteroatoms. The number of pyridine rings is 2. The maximum absolute atomic E-state index is 15.3. The number of methoxy groups -OCH3 is 1. The Morgan fingerprint density at radius 2 is 1.49 bits per heavy atom. The second-order valence-electron chi connectivity index (χ2n) is 9.79. The number of nitrogens with zero attached hydrogens (tertiary/aromatic N) is 3. The third kappa shape index (κ3) is 7.88. The number of rotatable bonds is 5. The molecule has 1 unspecified atom stereocenters. The van der Waals surface area contributed by atoms with E-state index >= 15 is 8.78 Å².